The molecule has 1 unspecified atom stereocenters. The normalized spacial score (nSPS) is 17.8. The second-order valence-electron chi connectivity index (χ2n) is 4.47. The van der Waals surface area contributed by atoms with Crippen LogP contribution in [-0.4, -0.2) is 30.0 Å². The van der Waals surface area contributed by atoms with Crippen molar-refractivity contribution in [3.8, 4) is 5.75 Å². The van der Waals surface area contributed by atoms with Gasteiger partial charge in [0.25, 0.3) is 0 Å². The Balaban J connectivity index is 2.38. The zero-order valence-electron chi connectivity index (χ0n) is 18.8. The van der Waals surface area contributed by atoms with Crippen molar-refractivity contribution in [2.45, 2.75) is 19.5 Å². The number of alkyl halides is 1. The fraction of sp³-hybridized carbons (Fsp3) is 0.333. The van der Waals surface area contributed by atoms with Crippen LogP contribution in [0.4, 0.5) is 0 Å². The molecule has 2 nitrogen and oxygen atoms in total. The average molecular weight is 311 g/mol. The van der Waals surface area contributed by atoms with Crippen LogP contribution in [0.3, 0.4) is 0 Å². The Morgan fingerprint density at radius 1 is 1.24 bits per heavy atom. The van der Waals surface area contributed by atoms with Gasteiger partial charge in [0.1, 0.15) is 12.4 Å². The van der Waals surface area contributed by atoms with Crippen molar-refractivity contribution in [1.29, 1.82) is 0 Å². The molecular formula is C18H22ClNO. The van der Waals surface area contributed by atoms with Crippen molar-refractivity contribution in [3.05, 3.63) is 66.1 Å². The first-order valence-corrected chi connectivity index (χ1v) is 7.24. The third-order valence-electron chi connectivity index (χ3n) is 2.85. The van der Waals surface area contributed by atoms with Crippen LogP contribution < -0.4 is 4.74 Å². The Hall–Kier alpha value is -1.51. The van der Waals surface area contributed by atoms with E-state index in [1.165, 1.54) is 4.90 Å². The summed E-state index contributed by atoms with van der Waals surface area (Å²) in [6.45, 7) is -0.362. The second-order valence-corrected chi connectivity index (χ2v) is 4.85. The number of hydrogen-bond acceptors (Lipinski definition) is 2. The topological polar surface area (TPSA) is 12.5 Å². The van der Waals surface area contributed by atoms with Gasteiger partial charge in [-0.2, -0.15) is 0 Å². The van der Waals surface area contributed by atoms with E-state index in [0.29, 0.717) is 5.75 Å². The molecule has 0 amide bonds. The van der Waals surface area contributed by atoms with E-state index in [0.717, 1.165) is 0 Å². The van der Waals surface area contributed by atoms with Crippen molar-refractivity contribution in [1.82, 2.24) is 4.90 Å². The van der Waals surface area contributed by atoms with Crippen LogP contribution in [-0.2, 0) is 6.50 Å². The van der Waals surface area contributed by atoms with Crippen molar-refractivity contribution >= 4 is 11.6 Å². The van der Waals surface area contributed by atoms with E-state index in [-0.39, 0.29) is 19.0 Å². The number of halogens is 1. The fourth-order valence-corrected chi connectivity index (χ4v) is 1.93. The first kappa shape index (κ1) is 8.82. The number of benzene rings is 2. The van der Waals surface area contributed by atoms with Crippen molar-refractivity contribution < 1.29 is 14.3 Å². The monoisotopic (exact) mass is 310 g/mol. The number of rotatable bonds is 8. The van der Waals surface area contributed by atoms with Gasteiger partial charge in [-0.3, -0.25) is 4.90 Å². The lowest BCUT2D eigenvalue weighted by Crippen LogP contribution is -2.38. The van der Waals surface area contributed by atoms with Crippen LogP contribution in [0.1, 0.15) is 22.1 Å². The summed E-state index contributed by atoms with van der Waals surface area (Å²) >= 11 is 5.87. The molecule has 0 N–H and O–H groups in total. The van der Waals surface area contributed by atoms with Gasteiger partial charge < -0.3 is 4.74 Å². The second kappa shape index (κ2) is 8.71. The summed E-state index contributed by atoms with van der Waals surface area (Å²) in [6, 6.07) is 5.76. The number of para-hydroxylation sites is 1. The molecule has 21 heavy (non-hydrogen) atoms. The Bertz CT molecular complexity index is 790. The van der Waals surface area contributed by atoms with Crippen LogP contribution in [0, 0.1) is 0 Å². The lowest BCUT2D eigenvalue weighted by molar-refractivity contribution is 0.146. The molecule has 112 valence electrons. The van der Waals surface area contributed by atoms with Gasteiger partial charge in [0.05, 0.1) is 6.85 Å². The smallest absolute Gasteiger partial charge is 0.119 e. The van der Waals surface area contributed by atoms with Crippen LogP contribution >= 0.6 is 11.6 Å². The Kier molecular flexibility index (Phi) is 3.66. The van der Waals surface area contributed by atoms with E-state index >= 15 is 0 Å². The highest BCUT2D eigenvalue weighted by molar-refractivity contribution is 6.18. The quantitative estimate of drug-likeness (QED) is 0.678. The molecule has 3 heteroatoms. The van der Waals surface area contributed by atoms with Crippen LogP contribution in [0.15, 0.2) is 60.5 Å². The minimum Gasteiger partial charge on any atom is -0.492 e. The summed E-state index contributed by atoms with van der Waals surface area (Å²) in [6.07, 6.45) is 0. The molecule has 0 heterocycles. The van der Waals surface area contributed by atoms with Gasteiger partial charge in [0.2, 0.25) is 0 Å². The molecule has 0 fully saturated rings. The fourth-order valence-electron chi connectivity index (χ4n) is 1.75. The van der Waals surface area contributed by atoms with Crippen molar-refractivity contribution in [3.63, 3.8) is 0 Å². The maximum absolute atomic E-state index is 8.60. The highest BCUT2D eigenvalue weighted by atomic mass is 35.5. The van der Waals surface area contributed by atoms with Gasteiger partial charge in [-0.15, -0.1) is 11.6 Å². The number of nitrogens with zero attached hydrogens (tertiary/aromatic N) is 1. The summed E-state index contributed by atoms with van der Waals surface area (Å²) in [5, 5.41) is 0. The van der Waals surface area contributed by atoms with Gasteiger partial charge in [0, 0.05) is 27.7 Å². The molecule has 1 atom stereocenters. The van der Waals surface area contributed by atoms with Crippen LogP contribution in [0.5, 0.6) is 5.75 Å². The predicted octanol–water partition coefficient (Wildman–Crippen LogP) is 4.19. The minimum atomic E-state index is -2.35. The first-order chi connectivity index (χ1) is 13.1. The molecule has 0 saturated heterocycles. The molecule has 0 bridgehead atoms. The van der Waals surface area contributed by atoms with E-state index in [4.69, 9.17) is 25.9 Å². The van der Waals surface area contributed by atoms with E-state index in [2.05, 4.69) is 0 Å². The highest BCUT2D eigenvalue weighted by Gasteiger charge is 2.14. The van der Waals surface area contributed by atoms with Gasteiger partial charge in [-0.05, 0) is 24.6 Å². The number of ether oxygens (including phenoxy) is 1. The van der Waals surface area contributed by atoms with E-state index in [9.17, 15) is 0 Å². The molecule has 2 rings (SSSR count). The zero-order valence-corrected chi connectivity index (χ0v) is 12.6. The molecule has 0 aliphatic carbocycles. The maximum Gasteiger partial charge on any atom is 0.119 e. The Labute approximate surface area is 142 Å². The SMILES string of the molecule is [2H]c1c([2H])c([2H])c(C([2H])([2H])N(CCCl)C(C)COc2ccccc2)c([2H])c1[2H]. The highest BCUT2D eigenvalue weighted by Crippen LogP contribution is 2.12. The van der Waals surface area contributed by atoms with Gasteiger partial charge in [0.15, 0.2) is 0 Å². The maximum atomic E-state index is 8.60. The zero-order chi connectivity index (χ0) is 21.1. The lowest BCUT2D eigenvalue weighted by atomic mass is 10.2. The van der Waals surface area contributed by atoms with Gasteiger partial charge >= 0.3 is 0 Å². The molecule has 0 aliphatic heterocycles. The summed E-state index contributed by atoms with van der Waals surface area (Å²) in [5.74, 6) is 0.733. The molecule has 0 aliphatic rings. The van der Waals surface area contributed by atoms with Gasteiger partial charge in [-0.25, -0.2) is 0 Å². The largest absolute Gasteiger partial charge is 0.492 e. The van der Waals surface area contributed by atoms with E-state index in [1.54, 1.807) is 19.1 Å². The lowest BCUT2D eigenvalue weighted by Gasteiger charge is -2.28. The average Bonchev–Trinajstić information content (AvgIpc) is 2.67. The summed E-state index contributed by atoms with van der Waals surface area (Å²) in [7, 11) is 0. The first-order valence-electron chi connectivity index (χ1n) is 10.2. The van der Waals surface area contributed by atoms with E-state index in [1.807, 2.05) is 18.2 Å². The molecule has 0 saturated carbocycles. The molecule has 2 aromatic carbocycles. The Morgan fingerprint density at radius 3 is 2.62 bits per heavy atom. The third kappa shape index (κ3) is 5.41. The molecule has 0 spiro atoms. The standard InChI is InChI=1S/C18H22ClNO/c1-16(15-21-18-10-6-3-7-11-18)20(13-12-19)14-17-8-4-2-5-9-17/h2-11,16H,12-15H2,1H3/i2D,4D,5D,8D,9D,14D2. The third-order valence-corrected chi connectivity index (χ3v) is 3.02. The van der Waals surface area contributed by atoms with Gasteiger partial charge in [-0.1, -0.05) is 48.4 Å². The molecule has 2 aromatic rings. The van der Waals surface area contributed by atoms with Crippen LogP contribution in [0.25, 0.3) is 0 Å². The molecular weight excluding hydrogens is 282 g/mol. The predicted molar refractivity (Wildman–Crippen MR) is 89.0 cm³/mol. The van der Waals surface area contributed by atoms with Crippen molar-refractivity contribution in [2.24, 2.45) is 0 Å². The number of hydrogen-bond donors (Lipinski definition) is 0. The minimum absolute atomic E-state index is 0.105. The summed E-state index contributed by atoms with van der Waals surface area (Å²) < 4.78 is 62.4. The Morgan fingerprint density at radius 2 is 1.95 bits per heavy atom. The molecule has 0 radical (unpaired) electrons. The summed E-state index contributed by atoms with van der Waals surface area (Å²) in [5.41, 5.74) is -0.407. The van der Waals surface area contributed by atoms with E-state index < -0.39 is 48.3 Å². The van der Waals surface area contributed by atoms with Crippen molar-refractivity contribution in [2.75, 3.05) is 19.0 Å². The summed E-state index contributed by atoms with van der Waals surface area (Å²) in [4.78, 5) is 1.36. The molecule has 0 aromatic heterocycles. The van der Waals surface area contributed by atoms with Crippen LogP contribution in [0.2, 0.25) is 0 Å².